The van der Waals surface area contributed by atoms with Crippen molar-refractivity contribution in [2.24, 2.45) is 11.8 Å². The monoisotopic (exact) mass is 331 g/mol. The second-order valence-corrected chi connectivity index (χ2v) is 6.74. The highest BCUT2D eigenvalue weighted by Gasteiger charge is 2.25. The summed E-state index contributed by atoms with van der Waals surface area (Å²) in [6.45, 7) is 8.45. The van der Waals surface area contributed by atoms with E-state index in [0.717, 1.165) is 58.0 Å². The van der Waals surface area contributed by atoms with Gasteiger partial charge in [-0.1, -0.05) is 26.2 Å². The van der Waals surface area contributed by atoms with E-state index in [-0.39, 0.29) is 18.3 Å². The summed E-state index contributed by atoms with van der Waals surface area (Å²) >= 11 is 0. The third-order valence-corrected chi connectivity index (χ3v) is 5.12. The Hall–Kier alpha value is -0.320. The van der Waals surface area contributed by atoms with Gasteiger partial charge >= 0.3 is 0 Å². The molecular formula is C17H34ClN3O. The highest BCUT2D eigenvalue weighted by atomic mass is 35.5. The van der Waals surface area contributed by atoms with Gasteiger partial charge in [-0.05, 0) is 31.6 Å². The van der Waals surface area contributed by atoms with E-state index in [1.165, 1.54) is 32.1 Å². The smallest absolute Gasteiger partial charge is 0.223 e. The first kappa shape index (κ1) is 19.7. The third-order valence-electron chi connectivity index (χ3n) is 5.12. The molecule has 0 aromatic rings. The van der Waals surface area contributed by atoms with E-state index < -0.39 is 0 Å². The molecule has 2 fully saturated rings. The zero-order valence-corrected chi connectivity index (χ0v) is 14.9. The zero-order chi connectivity index (χ0) is 14.9. The summed E-state index contributed by atoms with van der Waals surface area (Å²) in [6, 6.07) is 0. The Morgan fingerprint density at radius 3 is 2.50 bits per heavy atom. The van der Waals surface area contributed by atoms with Crippen LogP contribution in [-0.4, -0.2) is 50.1 Å². The molecule has 2 rings (SSSR count). The van der Waals surface area contributed by atoms with Crippen LogP contribution in [-0.2, 0) is 4.79 Å². The van der Waals surface area contributed by atoms with Crippen molar-refractivity contribution >= 4 is 18.3 Å². The average Bonchev–Trinajstić information content (AvgIpc) is 2.54. The summed E-state index contributed by atoms with van der Waals surface area (Å²) in [6.07, 6.45) is 8.75. The Balaban J connectivity index is 0.00000242. The summed E-state index contributed by atoms with van der Waals surface area (Å²) < 4.78 is 0. The Bertz CT molecular complexity index is 300. The van der Waals surface area contributed by atoms with E-state index in [1.807, 2.05) is 0 Å². The molecule has 1 aliphatic heterocycles. The minimum Gasteiger partial charge on any atom is -0.355 e. The van der Waals surface area contributed by atoms with Crippen LogP contribution in [0.1, 0.15) is 51.9 Å². The predicted octanol–water partition coefficient (Wildman–Crippen LogP) is 2.43. The fourth-order valence-electron chi connectivity index (χ4n) is 3.62. The highest BCUT2D eigenvalue weighted by Crippen LogP contribution is 2.31. The third kappa shape index (κ3) is 6.84. The van der Waals surface area contributed by atoms with Crippen molar-refractivity contribution in [2.75, 3.05) is 39.3 Å². The van der Waals surface area contributed by atoms with Gasteiger partial charge < -0.3 is 10.6 Å². The van der Waals surface area contributed by atoms with Crippen molar-refractivity contribution in [3.8, 4) is 0 Å². The Morgan fingerprint density at radius 2 is 1.86 bits per heavy atom. The van der Waals surface area contributed by atoms with Gasteiger partial charge in [0.15, 0.2) is 0 Å². The molecule has 0 spiro atoms. The number of nitrogens with zero attached hydrogens (tertiary/aromatic N) is 1. The Labute approximate surface area is 142 Å². The number of unbranched alkanes of at least 4 members (excludes halogenated alkanes) is 1. The van der Waals surface area contributed by atoms with Crippen molar-refractivity contribution in [1.29, 1.82) is 0 Å². The molecule has 130 valence electrons. The maximum absolute atomic E-state index is 12.2. The van der Waals surface area contributed by atoms with Crippen LogP contribution in [0.4, 0.5) is 0 Å². The van der Waals surface area contributed by atoms with E-state index in [0.29, 0.717) is 5.91 Å². The molecule has 0 bridgehead atoms. The molecule has 0 radical (unpaired) electrons. The lowest BCUT2D eigenvalue weighted by molar-refractivity contribution is -0.126. The molecule has 1 amide bonds. The van der Waals surface area contributed by atoms with Crippen molar-refractivity contribution in [3.05, 3.63) is 0 Å². The van der Waals surface area contributed by atoms with Gasteiger partial charge in [0.25, 0.3) is 0 Å². The molecule has 1 saturated heterocycles. The van der Waals surface area contributed by atoms with E-state index in [4.69, 9.17) is 0 Å². The summed E-state index contributed by atoms with van der Waals surface area (Å²) in [4.78, 5) is 14.6. The minimum atomic E-state index is 0. The molecule has 0 unspecified atom stereocenters. The lowest BCUT2D eigenvalue weighted by atomic mass is 9.79. The fraction of sp³-hybridized carbons (Fsp3) is 0.941. The first-order valence-electron chi connectivity index (χ1n) is 9.00. The van der Waals surface area contributed by atoms with Crippen LogP contribution in [0.3, 0.4) is 0 Å². The predicted molar refractivity (Wildman–Crippen MR) is 94.5 cm³/mol. The van der Waals surface area contributed by atoms with Crippen LogP contribution in [0.2, 0.25) is 0 Å². The van der Waals surface area contributed by atoms with Crippen LogP contribution in [0.25, 0.3) is 0 Å². The van der Waals surface area contributed by atoms with Gasteiger partial charge in [0.2, 0.25) is 5.91 Å². The molecule has 22 heavy (non-hydrogen) atoms. The lowest BCUT2D eigenvalue weighted by Gasteiger charge is -2.29. The maximum atomic E-state index is 12.2. The van der Waals surface area contributed by atoms with Gasteiger partial charge in [-0.2, -0.15) is 0 Å². The maximum Gasteiger partial charge on any atom is 0.223 e. The average molecular weight is 332 g/mol. The number of hydrogen-bond acceptors (Lipinski definition) is 3. The van der Waals surface area contributed by atoms with Crippen LogP contribution in [0.15, 0.2) is 0 Å². The number of amides is 1. The SMILES string of the molecule is CCCCC1CCC(C(=O)NCCN2CCNCC2)CC1.Cl. The zero-order valence-electron chi connectivity index (χ0n) is 14.1. The van der Waals surface area contributed by atoms with Crippen LogP contribution in [0.5, 0.6) is 0 Å². The summed E-state index contributed by atoms with van der Waals surface area (Å²) in [7, 11) is 0. The molecule has 0 aromatic carbocycles. The van der Waals surface area contributed by atoms with Crippen molar-refractivity contribution in [3.63, 3.8) is 0 Å². The molecule has 0 atom stereocenters. The highest BCUT2D eigenvalue weighted by molar-refractivity contribution is 5.85. The van der Waals surface area contributed by atoms with Crippen LogP contribution < -0.4 is 10.6 Å². The van der Waals surface area contributed by atoms with Crippen LogP contribution >= 0.6 is 12.4 Å². The van der Waals surface area contributed by atoms with Gasteiger partial charge in [0.05, 0.1) is 0 Å². The van der Waals surface area contributed by atoms with Crippen molar-refractivity contribution in [2.45, 2.75) is 51.9 Å². The molecule has 1 saturated carbocycles. The number of piperazine rings is 1. The first-order valence-corrected chi connectivity index (χ1v) is 9.00. The number of nitrogens with one attached hydrogen (secondary N) is 2. The topological polar surface area (TPSA) is 44.4 Å². The molecular weight excluding hydrogens is 298 g/mol. The van der Waals surface area contributed by atoms with E-state index >= 15 is 0 Å². The quantitative estimate of drug-likeness (QED) is 0.753. The number of rotatable bonds is 7. The van der Waals surface area contributed by atoms with Crippen molar-refractivity contribution < 1.29 is 4.79 Å². The number of halogens is 1. The molecule has 5 heteroatoms. The molecule has 0 aromatic heterocycles. The lowest BCUT2D eigenvalue weighted by Crippen LogP contribution is -2.46. The second-order valence-electron chi connectivity index (χ2n) is 6.74. The molecule has 1 aliphatic carbocycles. The van der Waals surface area contributed by atoms with Gasteiger partial charge in [-0.15, -0.1) is 12.4 Å². The second kappa shape index (κ2) is 11.3. The summed E-state index contributed by atoms with van der Waals surface area (Å²) in [5.74, 6) is 1.47. The molecule has 4 nitrogen and oxygen atoms in total. The largest absolute Gasteiger partial charge is 0.355 e. The molecule has 2 N–H and O–H groups in total. The van der Waals surface area contributed by atoms with E-state index in [1.54, 1.807) is 0 Å². The number of hydrogen-bond donors (Lipinski definition) is 2. The van der Waals surface area contributed by atoms with Gasteiger partial charge in [0, 0.05) is 45.2 Å². The normalized spacial score (nSPS) is 26.2. The van der Waals surface area contributed by atoms with Crippen molar-refractivity contribution in [1.82, 2.24) is 15.5 Å². The first-order chi connectivity index (χ1) is 10.3. The minimum absolute atomic E-state index is 0. The van der Waals surface area contributed by atoms with Gasteiger partial charge in [-0.25, -0.2) is 0 Å². The molecule has 2 aliphatic rings. The van der Waals surface area contributed by atoms with Crippen LogP contribution in [0, 0.1) is 11.8 Å². The number of carbonyl (C=O) groups excluding carboxylic acids is 1. The molecule has 1 heterocycles. The van der Waals surface area contributed by atoms with E-state index in [2.05, 4.69) is 22.5 Å². The summed E-state index contributed by atoms with van der Waals surface area (Å²) in [5, 5.41) is 6.51. The Kier molecular flexibility index (Phi) is 10.1. The van der Waals surface area contributed by atoms with Gasteiger partial charge in [0.1, 0.15) is 0 Å². The summed E-state index contributed by atoms with van der Waals surface area (Å²) in [5.41, 5.74) is 0. The Morgan fingerprint density at radius 1 is 1.18 bits per heavy atom. The van der Waals surface area contributed by atoms with Gasteiger partial charge in [-0.3, -0.25) is 9.69 Å². The van der Waals surface area contributed by atoms with E-state index in [9.17, 15) is 4.79 Å². The standard InChI is InChI=1S/C17H33N3O.ClH/c1-2-3-4-15-5-7-16(8-6-15)17(21)19-11-14-20-12-9-18-10-13-20;/h15-16,18H,2-14H2,1H3,(H,19,21);1H. The number of carbonyl (C=O) groups is 1. The fourth-order valence-corrected chi connectivity index (χ4v) is 3.62.